The Bertz CT molecular complexity index is 599. The predicted molar refractivity (Wildman–Crippen MR) is 90.9 cm³/mol. The molecular weight excluding hydrogens is 284 g/mol. The molecule has 1 nitrogen and oxygen atoms in total. The molecule has 0 spiro atoms. The summed E-state index contributed by atoms with van der Waals surface area (Å²) < 4.78 is 5.48. The third kappa shape index (κ3) is 2.63. The van der Waals surface area contributed by atoms with Crippen LogP contribution in [0.2, 0.25) is 0 Å². The van der Waals surface area contributed by atoms with E-state index in [0.29, 0.717) is 6.61 Å². The summed E-state index contributed by atoms with van der Waals surface area (Å²) in [7, 11) is 3.23. The molecule has 0 unspecified atom stereocenters. The molecule has 0 saturated heterocycles. The molecule has 0 aliphatic carbocycles. The Balaban J connectivity index is 2.29. The Morgan fingerprint density at radius 3 is 1.18 bits per heavy atom. The molecule has 0 aromatic heterocycles. The molecule has 3 aromatic carbocycles. The Morgan fingerprint density at radius 1 is 0.591 bits per heavy atom. The average molecular weight is 301 g/mol. The van der Waals surface area contributed by atoms with Crippen LogP contribution in [-0.4, -0.2) is 17.1 Å². The van der Waals surface area contributed by atoms with Crippen LogP contribution in [0.1, 0.15) is 16.7 Å². The molecule has 0 amide bonds. The fourth-order valence-corrected chi connectivity index (χ4v) is 3.24. The van der Waals surface area contributed by atoms with Crippen molar-refractivity contribution in [1.82, 2.24) is 0 Å². The lowest BCUT2D eigenvalue weighted by Crippen LogP contribution is -2.34. The molecule has 0 heterocycles. The van der Waals surface area contributed by atoms with Gasteiger partial charge < -0.3 is 4.43 Å². The van der Waals surface area contributed by atoms with Crippen LogP contribution in [0.15, 0.2) is 91.0 Å². The van der Waals surface area contributed by atoms with Crippen molar-refractivity contribution in [2.24, 2.45) is 0 Å². The first-order valence-corrected chi connectivity index (χ1v) is 7.74. The number of rotatable bonds is 5. The number of hydrogen-bond acceptors (Lipinski definition) is 1. The van der Waals surface area contributed by atoms with Crippen LogP contribution in [0.25, 0.3) is 0 Å². The van der Waals surface area contributed by atoms with Gasteiger partial charge in [0.1, 0.15) is 0 Å². The van der Waals surface area contributed by atoms with Crippen molar-refractivity contribution in [2.45, 2.75) is 5.41 Å². The van der Waals surface area contributed by atoms with E-state index in [-0.39, 0.29) is 5.41 Å². The molecule has 0 bridgehead atoms. The monoisotopic (exact) mass is 301 g/mol. The second kappa shape index (κ2) is 6.73. The van der Waals surface area contributed by atoms with Gasteiger partial charge in [0.2, 0.25) is 10.5 Å². The van der Waals surface area contributed by atoms with Crippen LogP contribution in [0.5, 0.6) is 0 Å². The van der Waals surface area contributed by atoms with Crippen LogP contribution in [-0.2, 0) is 9.84 Å². The number of hydrogen-bond donors (Lipinski definition) is 0. The van der Waals surface area contributed by atoms with Gasteiger partial charge in [0.05, 0.1) is 12.0 Å². The number of benzene rings is 3. The van der Waals surface area contributed by atoms with Crippen LogP contribution >= 0.6 is 0 Å². The van der Waals surface area contributed by atoms with E-state index in [1.807, 2.05) is 18.2 Å². The van der Waals surface area contributed by atoms with E-state index in [0.717, 1.165) is 0 Å². The zero-order chi connectivity index (χ0) is 15.3. The standard InChI is InChI=1S/C20H17OSi/c22-21-16-20(17-10-4-1-5-11-17,18-12-6-2-7-13-18)19-14-8-3-9-15-19/h1-15H,16H2. The third-order valence-electron chi connectivity index (χ3n) is 4.09. The van der Waals surface area contributed by atoms with Crippen molar-refractivity contribution in [1.29, 1.82) is 0 Å². The van der Waals surface area contributed by atoms with Gasteiger partial charge in [-0.25, -0.2) is 0 Å². The highest BCUT2D eigenvalue weighted by molar-refractivity contribution is 5.98. The molecule has 22 heavy (non-hydrogen) atoms. The molecular formula is C20H17OSi. The van der Waals surface area contributed by atoms with E-state index in [4.69, 9.17) is 4.43 Å². The van der Waals surface area contributed by atoms with Gasteiger partial charge in [0.15, 0.2) is 0 Å². The molecule has 0 aliphatic rings. The zero-order valence-electron chi connectivity index (χ0n) is 12.3. The highest BCUT2D eigenvalue weighted by atomic mass is 28.2. The van der Waals surface area contributed by atoms with Gasteiger partial charge in [-0.3, -0.25) is 0 Å². The minimum Gasteiger partial charge on any atom is -0.417 e. The molecule has 0 fully saturated rings. The van der Waals surface area contributed by atoms with Gasteiger partial charge in [-0.05, 0) is 16.7 Å². The lowest BCUT2D eigenvalue weighted by molar-refractivity contribution is 0.289. The smallest absolute Gasteiger partial charge is 0.246 e. The normalized spacial score (nSPS) is 11.3. The Hall–Kier alpha value is -2.16. The van der Waals surface area contributed by atoms with Crippen LogP contribution in [0.3, 0.4) is 0 Å². The lowest BCUT2D eigenvalue weighted by atomic mass is 9.70. The van der Waals surface area contributed by atoms with Gasteiger partial charge >= 0.3 is 0 Å². The SMILES string of the molecule is [Si]OCC(c1ccccc1)(c1ccccc1)c1ccccc1. The maximum Gasteiger partial charge on any atom is 0.246 e. The van der Waals surface area contributed by atoms with Gasteiger partial charge in [0, 0.05) is 0 Å². The Morgan fingerprint density at radius 2 is 0.909 bits per heavy atom. The topological polar surface area (TPSA) is 9.23 Å². The van der Waals surface area contributed by atoms with Crippen LogP contribution in [0, 0.1) is 0 Å². The predicted octanol–water partition coefficient (Wildman–Crippen LogP) is 4.12. The van der Waals surface area contributed by atoms with Gasteiger partial charge in [-0.15, -0.1) is 0 Å². The lowest BCUT2D eigenvalue weighted by Gasteiger charge is -2.35. The van der Waals surface area contributed by atoms with Gasteiger partial charge in [-0.1, -0.05) is 91.0 Å². The first kappa shape index (κ1) is 14.8. The van der Waals surface area contributed by atoms with Crippen molar-refractivity contribution in [3.8, 4) is 0 Å². The van der Waals surface area contributed by atoms with E-state index in [2.05, 4.69) is 83.3 Å². The first-order chi connectivity index (χ1) is 10.9. The fraction of sp³-hybridized carbons (Fsp3) is 0.100. The summed E-state index contributed by atoms with van der Waals surface area (Å²) in [6, 6.07) is 31.5. The van der Waals surface area contributed by atoms with E-state index < -0.39 is 0 Å². The highest BCUT2D eigenvalue weighted by Gasteiger charge is 2.35. The maximum atomic E-state index is 5.48. The molecule has 107 valence electrons. The van der Waals surface area contributed by atoms with Crippen molar-refractivity contribution in [3.05, 3.63) is 108 Å². The largest absolute Gasteiger partial charge is 0.417 e. The summed E-state index contributed by atoms with van der Waals surface area (Å²) >= 11 is 0. The van der Waals surface area contributed by atoms with Gasteiger partial charge in [-0.2, -0.15) is 0 Å². The van der Waals surface area contributed by atoms with Gasteiger partial charge in [0.25, 0.3) is 0 Å². The minimum atomic E-state index is -0.342. The summed E-state index contributed by atoms with van der Waals surface area (Å²) in [5.74, 6) is 0. The second-order valence-corrected chi connectivity index (χ2v) is 5.58. The summed E-state index contributed by atoms with van der Waals surface area (Å²) in [6.07, 6.45) is 0. The van der Waals surface area contributed by atoms with E-state index in [9.17, 15) is 0 Å². The summed E-state index contributed by atoms with van der Waals surface area (Å²) in [5.41, 5.74) is 3.30. The van der Waals surface area contributed by atoms with E-state index >= 15 is 0 Å². The van der Waals surface area contributed by atoms with Crippen LogP contribution in [0.4, 0.5) is 0 Å². The van der Waals surface area contributed by atoms with Crippen molar-refractivity contribution < 1.29 is 4.43 Å². The van der Waals surface area contributed by atoms with E-state index in [1.54, 1.807) is 0 Å². The second-order valence-electron chi connectivity index (χ2n) is 5.29. The highest BCUT2D eigenvalue weighted by Crippen LogP contribution is 2.39. The third-order valence-corrected chi connectivity index (χ3v) is 4.23. The molecule has 0 aliphatic heterocycles. The molecule has 3 aromatic rings. The minimum absolute atomic E-state index is 0.342. The molecule has 0 atom stereocenters. The summed E-state index contributed by atoms with van der Waals surface area (Å²) in [4.78, 5) is 0. The average Bonchev–Trinajstić information content (AvgIpc) is 2.62. The quantitative estimate of drug-likeness (QED) is 0.509. The Kier molecular flexibility index (Phi) is 4.52. The Labute approximate surface area is 135 Å². The first-order valence-electron chi connectivity index (χ1n) is 7.33. The maximum absolute atomic E-state index is 5.48. The molecule has 3 rings (SSSR count). The van der Waals surface area contributed by atoms with Crippen molar-refractivity contribution >= 4 is 10.5 Å². The summed E-state index contributed by atoms with van der Waals surface area (Å²) in [6.45, 7) is 0.516. The van der Waals surface area contributed by atoms with E-state index in [1.165, 1.54) is 16.7 Å². The summed E-state index contributed by atoms with van der Waals surface area (Å²) in [5, 5.41) is 0. The van der Waals surface area contributed by atoms with Crippen molar-refractivity contribution in [3.63, 3.8) is 0 Å². The fourth-order valence-electron chi connectivity index (χ4n) is 3.03. The molecule has 2 heteroatoms. The molecule has 3 radical (unpaired) electrons. The van der Waals surface area contributed by atoms with Crippen LogP contribution < -0.4 is 0 Å². The van der Waals surface area contributed by atoms with Crippen molar-refractivity contribution in [2.75, 3.05) is 6.61 Å². The molecule has 0 N–H and O–H groups in total. The molecule has 0 saturated carbocycles. The zero-order valence-corrected chi connectivity index (χ0v) is 13.3.